The number of carbonyl (C=O) groups excluding carboxylic acids is 3. The summed E-state index contributed by atoms with van der Waals surface area (Å²) >= 11 is 0. The third-order valence-corrected chi connectivity index (χ3v) is 3.44. The fraction of sp³-hybridized carbons (Fsp3) is 0.389. The maximum Gasteiger partial charge on any atom is 0.330 e. The predicted molar refractivity (Wildman–Crippen MR) is 89.0 cm³/mol. The van der Waals surface area contributed by atoms with Gasteiger partial charge in [0.1, 0.15) is 6.42 Å². The number of methoxy groups -OCH3 is 1. The van der Waals surface area contributed by atoms with Gasteiger partial charge < -0.3 is 14.4 Å². The molecule has 0 saturated carbocycles. The lowest BCUT2D eigenvalue weighted by Crippen LogP contribution is -2.35. The van der Waals surface area contributed by atoms with E-state index in [1.807, 2.05) is 37.3 Å². The Kier molecular flexibility index (Phi) is 8.25. The molecule has 0 N–H and O–H groups in total. The Bertz CT molecular complexity index is 582. The highest BCUT2D eigenvalue weighted by Crippen LogP contribution is 2.20. The van der Waals surface area contributed by atoms with Gasteiger partial charge in [-0.3, -0.25) is 9.59 Å². The summed E-state index contributed by atoms with van der Waals surface area (Å²) in [4.78, 5) is 36.7. The van der Waals surface area contributed by atoms with E-state index >= 15 is 0 Å². The Morgan fingerprint density at radius 1 is 1.21 bits per heavy atom. The first-order valence-electron chi connectivity index (χ1n) is 7.74. The number of hydrogen-bond acceptors (Lipinski definition) is 5. The van der Waals surface area contributed by atoms with Crippen LogP contribution in [0, 0.1) is 0 Å². The van der Waals surface area contributed by atoms with Gasteiger partial charge in [-0.15, -0.1) is 0 Å². The van der Waals surface area contributed by atoms with Gasteiger partial charge in [0, 0.05) is 12.6 Å². The van der Waals surface area contributed by atoms with E-state index in [4.69, 9.17) is 4.74 Å². The van der Waals surface area contributed by atoms with E-state index in [-0.39, 0.29) is 31.5 Å². The average Bonchev–Trinajstić information content (AvgIpc) is 2.59. The van der Waals surface area contributed by atoms with E-state index in [0.29, 0.717) is 0 Å². The lowest BCUT2D eigenvalue weighted by Gasteiger charge is -2.28. The van der Waals surface area contributed by atoms with Crippen molar-refractivity contribution in [1.82, 2.24) is 4.90 Å². The predicted octanol–water partition coefficient (Wildman–Crippen LogP) is 2.26. The van der Waals surface area contributed by atoms with Crippen LogP contribution in [-0.2, 0) is 23.9 Å². The van der Waals surface area contributed by atoms with Crippen LogP contribution < -0.4 is 0 Å². The molecule has 24 heavy (non-hydrogen) atoms. The normalized spacial score (nSPS) is 11.8. The Morgan fingerprint density at radius 2 is 1.88 bits per heavy atom. The minimum atomic E-state index is -0.598. The minimum absolute atomic E-state index is 0.185. The third-order valence-electron chi connectivity index (χ3n) is 3.44. The van der Waals surface area contributed by atoms with Crippen molar-refractivity contribution in [3.8, 4) is 0 Å². The maximum atomic E-state index is 12.4. The number of benzene rings is 1. The van der Waals surface area contributed by atoms with Crippen molar-refractivity contribution in [3.63, 3.8) is 0 Å². The Hall–Kier alpha value is -2.63. The zero-order chi connectivity index (χ0) is 17.9. The first kappa shape index (κ1) is 19.4. The fourth-order valence-electron chi connectivity index (χ4n) is 2.14. The second kappa shape index (κ2) is 10.2. The molecular formula is C18H23NO5. The molecule has 1 amide bonds. The molecule has 1 rings (SSSR count). The van der Waals surface area contributed by atoms with E-state index in [0.717, 1.165) is 5.56 Å². The Balaban J connectivity index is 2.88. The Morgan fingerprint density at radius 3 is 2.46 bits per heavy atom. The monoisotopic (exact) mass is 333 g/mol. The van der Waals surface area contributed by atoms with Crippen LogP contribution in [0.15, 0.2) is 42.5 Å². The average molecular weight is 333 g/mol. The number of carbonyl (C=O) groups is 3. The molecular weight excluding hydrogens is 310 g/mol. The van der Waals surface area contributed by atoms with Gasteiger partial charge in [0.05, 0.1) is 19.8 Å². The molecule has 0 aliphatic rings. The highest BCUT2D eigenvalue weighted by molar-refractivity contribution is 5.94. The van der Waals surface area contributed by atoms with Crippen molar-refractivity contribution in [2.45, 2.75) is 26.3 Å². The second-order valence-electron chi connectivity index (χ2n) is 5.04. The third kappa shape index (κ3) is 6.24. The van der Waals surface area contributed by atoms with E-state index in [1.165, 1.54) is 18.1 Å². The largest absolute Gasteiger partial charge is 0.469 e. The molecule has 0 aliphatic heterocycles. The van der Waals surface area contributed by atoms with Gasteiger partial charge in [0.15, 0.2) is 0 Å². The highest BCUT2D eigenvalue weighted by atomic mass is 16.5. The molecule has 0 radical (unpaired) electrons. The molecule has 1 aromatic rings. The molecule has 1 aromatic carbocycles. The number of esters is 2. The number of rotatable bonds is 8. The van der Waals surface area contributed by atoms with Gasteiger partial charge in [-0.1, -0.05) is 36.4 Å². The maximum absolute atomic E-state index is 12.4. The molecule has 1 atom stereocenters. The second-order valence-corrected chi connectivity index (χ2v) is 5.04. The van der Waals surface area contributed by atoms with Crippen molar-refractivity contribution < 1.29 is 23.9 Å². The SMILES string of the molecule is CCOC(=O)/C=C/CN(C(=O)CC(=O)OC)[C@@H](C)c1ccccc1. The molecule has 0 aromatic heterocycles. The van der Waals surface area contributed by atoms with Crippen molar-refractivity contribution in [3.05, 3.63) is 48.0 Å². The lowest BCUT2D eigenvalue weighted by atomic mass is 10.1. The highest BCUT2D eigenvalue weighted by Gasteiger charge is 2.22. The summed E-state index contributed by atoms with van der Waals surface area (Å²) in [5.41, 5.74) is 0.931. The summed E-state index contributed by atoms with van der Waals surface area (Å²) in [6, 6.07) is 9.19. The molecule has 0 fully saturated rings. The van der Waals surface area contributed by atoms with E-state index in [2.05, 4.69) is 4.74 Å². The van der Waals surface area contributed by atoms with Crippen LogP contribution in [-0.4, -0.2) is 43.0 Å². The molecule has 0 unspecified atom stereocenters. The van der Waals surface area contributed by atoms with Gasteiger partial charge >= 0.3 is 11.9 Å². The summed E-state index contributed by atoms with van der Waals surface area (Å²) in [6.45, 7) is 4.05. The number of amides is 1. The van der Waals surface area contributed by atoms with Crippen LogP contribution in [0.25, 0.3) is 0 Å². The standard InChI is InChI=1S/C18H23NO5/c1-4-24-17(21)11-8-12-19(16(20)13-18(22)23-3)14(2)15-9-6-5-7-10-15/h5-11,14H,4,12-13H2,1-3H3/b11-8+/t14-/m0/s1. The van der Waals surface area contributed by atoms with Crippen molar-refractivity contribution in [2.75, 3.05) is 20.3 Å². The summed E-state index contributed by atoms with van der Waals surface area (Å²) in [5.74, 6) is -1.43. The van der Waals surface area contributed by atoms with Gasteiger partial charge in [0.25, 0.3) is 0 Å². The Labute approximate surface area is 142 Å². The van der Waals surface area contributed by atoms with Crippen molar-refractivity contribution in [2.24, 2.45) is 0 Å². The van der Waals surface area contributed by atoms with Crippen LogP contribution >= 0.6 is 0 Å². The number of nitrogens with zero attached hydrogens (tertiary/aromatic N) is 1. The zero-order valence-corrected chi connectivity index (χ0v) is 14.2. The molecule has 6 heteroatoms. The summed E-state index contributed by atoms with van der Waals surface area (Å²) in [7, 11) is 1.24. The van der Waals surface area contributed by atoms with Crippen LogP contribution in [0.5, 0.6) is 0 Å². The minimum Gasteiger partial charge on any atom is -0.469 e. The van der Waals surface area contributed by atoms with Gasteiger partial charge in [-0.2, -0.15) is 0 Å². The van der Waals surface area contributed by atoms with E-state index in [1.54, 1.807) is 13.0 Å². The summed E-state index contributed by atoms with van der Waals surface area (Å²) in [6.07, 6.45) is 2.48. The van der Waals surface area contributed by atoms with Gasteiger partial charge in [-0.25, -0.2) is 4.79 Å². The number of ether oxygens (including phenoxy) is 2. The molecule has 0 spiro atoms. The van der Waals surface area contributed by atoms with Crippen molar-refractivity contribution in [1.29, 1.82) is 0 Å². The van der Waals surface area contributed by atoms with Crippen LogP contribution in [0.2, 0.25) is 0 Å². The van der Waals surface area contributed by atoms with E-state index < -0.39 is 11.9 Å². The molecule has 0 heterocycles. The first-order valence-corrected chi connectivity index (χ1v) is 7.74. The molecule has 130 valence electrons. The quantitative estimate of drug-likeness (QED) is 0.414. The molecule has 0 bridgehead atoms. The summed E-state index contributed by atoms with van der Waals surface area (Å²) in [5, 5.41) is 0. The molecule has 0 saturated heterocycles. The van der Waals surface area contributed by atoms with Crippen LogP contribution in [0.1, 0.15) is 31.9 Å². The van der Waals surface area contributed by atoms with E-state index in [9.17, 15) is 14.4 Å². The smallest absolute Gasteiger partial charge is 0.330 e. The van der Waals surface area contributed by atoms with Gasteiger partial charge in [-0.05, 0) is 19.4 Å². The fourth-order valence-corrected chi connectivity index (χ4v) is 2.14. The first-order chi connectivity index (χ1) is 11.5. The molecule has 0 aliphatic carbocycles. The lowest BCUT2D eigenvalue weighted by molar-refractivity contribution is -0.147. The van der Waals surface area contributed by atoms with Crippen LogP contribution in [0.4, 0.5) is 0 Å². The topological polar surface area (TPSA) is 72.9 Å². The van der Waals surface area contributed by atoms with Crippen LogP contribution in [0.3, 0.4) is 0 Å². The number of hydrogen-bond donors (Lipinski definition) is 0. The van der Waals surface area contributed by atoms with Crippen molar-refractivity contribution >= 4 is 17.8 Å². The zero-order valence-electron chi connectivity index (χ0n) is 14.2. The van der Waals surface area contributed by atoms with Gasteiger partial charge in [0.2, 0.25) is 5.91 Å². The molecule has 6 nitrogen and oxygen atoms in total. The summed E-state index contributed by atoms with van der Waals surface area (Å²) < 4.78 is 9.36.